The Bertz CT molecular complexity index is 505. The highest BCUT2D eigenvalue weighted by Crippen LogP contribution is 2.21. The van der Waals surface area contributed by atoms with Gasteiger partial charge in [-0.15, -0.1) is 0 Å². The Labute approximate surface area is 121 Å². The molecule has 1 rings (SSSR count). The normalized spacial score (nSPS) is 11.8. The molecule has 0 unspecified atom stereocenters. The van der Waals surface area contributed by atoms with E-state index in [9.17, 15) is 8.42 Å². The van der Waals surface area contributed by atoms with Crippen molar-refractivity contribution < 1.29 is 13.2 Å². The van der Waals surface area contributed by atoms with E-state index in [1.807, 2.05) is 6.92 Å². The summed E-state index contributed by atoms with van der Waals surface area (Å²) < 4.78 is 31.6. The number of aromatic nitrogens is 1. The summed E-state index contributed by atoms with van der Waals surface area (Å²) in [6.07, 6.45) is 2.41. The van der Waals surface area contributed by atoms with Gasteiger partial charge in [0.1, 0.15) is 0 Å². The fraction of sp³-hybridized carbons (Fsp3) is 0.615. The molecule has 0 saturated carbocycles. The second-order valence-corrected chi connectivity index (χ2v) is 6.13. The Morgan fingerprint density at radius 2 is 2.15 bits per heavy atom. The molecule has 0 aliphatic carbocycles. The number of sulfonamides is 1. The number of hydrogen-bond donors (Lipinski definition) is 1. The molecule has 20 heavy (non-hydrogen) atoms. The molecule has 0 aromatic carbocycles. The molecule has 0 atom stereocenters. The number of anilines is 1. The number of hydrogen-bond acceptors (Lipinski definition) is 5. The summed E-state index contributed by atoms with van der Waals surface area (Å²) in [5.74, 6) is 0. The topological polar surface area (TPSA) is 71.5 Å². The van der Waals surface area contributed by atoms with Gasteiger partial charge in [0.2, 0.25) is 0 Å². The van der Waals surface area contributed by atoms with E-state index >= 15 is 0 Å². The van der Waals surface area contributed by atoms with Crippen LogP contribution in [0.15, 0.2) is 23.4 Å². The average molecular weight is 301 g/mol. The number of rotatable bonds is 9. The quantitative estimate of drug-likeness (QED) is 0.749. The Hall–Kier alpha value is -1.18. The van der Waals surface area contributed by atoms with Gasteiger partial charge in [-0.3, -0.25) is 0 Å². The summed E-state index contributed by atoms with van der Waals surface area (Å²) >= 11 is 0. The fourth-order valence-corrected chi connectivity index (χ4v) is 3.27. The molecule has 1 aromatic rings. The second kappa shape index (κ2) is 8.18. The summed E-state index contributed by atoms with van der Waals surface area (Å²) in [5.41, 5.74) is 0.546. The van der Waals surface area contributed by atoms with Crippen LogP contribution in [0.4, 0.5) is 5.69 Å². The van der Waals surface area contributed by atoms with Crippen LogP contribution in [0.2, 0.25) is 0 Å². The smallest absolute Gasteiger partial charge is 0.262 e. The van der Waals surface area contributed by atoms with Gasteiger partial charge in [-0.05, 0) is 18.6 Å². The first-order valence-electron chi connectivity index (χ1n) is 6.75. The van der Waals surface area contributed by atoms with Crippen LogP contribution in [0, 0.1) is 0 Å². The van der Waals surface area contributed by atoms with Crippen LogP contribution in [0.25, 0.3) is 0 Å². The van der Waals surface area contributed by atoms with Crippen LogP contribution in [-0.2, 0) is 14.8 Å². The minimum Gasteiger partial charge on any atom is -0.383 e. The molecule has 0 amide bonds. The molecule has 1 heterocycles. The first-order valence-corrected chi connectivity index (χ1v) is 8.19. The minimum absolute atomic E-state index is 0.0754. The second-order valence-electron chi connectivity index (χ2n) is 4.27. The highest BCUT2D eigenvalue weighted by Gasteiger charge is 2.26. The molecule has 0 fully saturated rings. The van der Waals surface area contributed by atoms with Gasteiger partial charge in [0.15, 0.2) is 5.03 Å². The van der Waals surface area contributed by atoms with Crippen molar-refractivity contribution in [3.63, 3.8) is 0 Å². The summed E-state index contributed by atoms with van der Waals surface area (Å²) in [6, 6.07) is 3.46. The van der Waals surface area contributed by atoms with E-state index in [2.05, 4.69) is 10.3 Å². The predicted octanol–water partition coefficient (Wildman–Crippen LogP) is 1.56. The van der Waals surface area contributed by atoms with Gasteiger partial charge in [0, 0.05) is 32.9 Å². The van der Waals surface area contributed by atoms with E-state index in [1.165, 1.54) is 10.5 Å². The van der Waals surface area contributed by atoms with E-state index in [0.717, 1.165) is 6.42 Å². The van der Waals surface area contributed by atoms with Gasteiger partial charge in [0.25, 0.3) is 10.0 Å². The fourth-order valence-electron chi connectivity index (χ4n) is 1.75. The van der Waals surface area contributed by atoms with Crippen molar-refractivity contribution in [3.05, 3.63) is 18.3 Å². The Kier molecular flexibility index (Phi) is 6.90. The number of methoxy groups -OCH3 is 1. The maximum atomic E-state index is 12.6. The molecule has 1 aromatic heterocycles. The van der Waals surface area contributed by atoms with Crippen molar-refractivity contribution in [1.82, 2.24) is 9.29 Å². The molecule has 0 aliphatic rings. The van der Waals surface area contributed by atoms with Gasteiger partial charge in [-0.1, -0.05) is 13.8 Å². The number of pyridine rings is 1. The first kappa shape index (κ1) is 16.9. The van der Waals surface area contributed by atoms with Gasteiger partial charge in [-0.2, -0.15) is 4.31 Å². The summed E-state index contributed by atoms with van der Waals surface area (Å²) in [7, 11) is -2.05. The molecular formula is C13H23N3O3S. The van der Waals surface area contributed by atoms with Crippen LogP contribution >= 0.6 is 0 Å². The van der Waals surface area contributed by atoms with Crippen LogP contribution in [-0.4, -0.2) is 51.1 Å². The number of ether oxygens (including phenoxy) is 1. The molecule has 0 saturated heterocycles. The summed E-state index contributed by atoms with van der Waals surface area (Å²) in [5, 5.41) is 3.18. The lowest BCUT2D eigenvalue weighted by Crippen LogP contribution is -2.34. The monoisotopic (exact) mass is 301 g/mol. The molecule has 0 spiro atoms. The molecule has 6 nitrogen and oxygen atoms in total. The lowest BCUT2D eigenvalue weighted by molar-refractivity contribution is 0.180. The van der Waals surface area contributed by atoms with Crippen molar-refractivity contribution in [2.24, 2.45) is 0 Å². The standard InChI is InChI=1S/C13H23N3O3S/c1-4-8-14-12-7-6-9-15-13(12)20(17,18)16(5-2)10-11-19-3/h6-7,9,14H,4-5,8,10-11H2,1-3H3. The minimum atomic E-state index is -3.60. The van der Waals surface area contributed by atoms with Crippen molar-refractivity contribution in [1.29, 1.82) is 0 Å². The van der Waals surface area contributed by atoms with Crippen molar-refractivity contribution in [2.45, 2.75) is 25.3 Å². The van der Waals surface area contributed by atoms with Crippen LogP contribution in [0.3, 0.4) is 0 Å². The highest BCUT2D eigenvalue weighted by molar-refractivity contribution is 7.89. The van der Waals surface area contributed by atoms with Crippen molar-refractivity contribution in [2.75, 3.05) is 38.7 Å². The highest BCUT2D eigenvalue weighted by atomic mass is 32.2. The Morgan fingerprint density at radius 1 is 1.40 bits per heavy atom. The Balaban J connectivity index is 3.06. The predicted molar refractivity (Wildman–Crippen MR) is 79.3 cm³/mol. The van der Waals surface area contributed by atoms with E-state index in [0.29, 0.717) is 31.9 Å². The third-order valence-electron chi connectivity index (χ3n) is 2.82. The SMILES string of the molecule is CCCNc1cccnc1S(=O)(=O)N(CC)CCOC. The van der Waals surface area contributed by atoms with E-state index in [-0.39, 0.29) is 5.03 Å². The van der Waals surface area contributed by atoms with E-state index in [1.54, 1.807) is 26.2 Å². The van der Waals surface area contributed by atoms with E-state index in [4.69, 9.17) is 4.74 Å². The van der Waals surface area contributed by atoms with Crippen LogP contribution < -0.4 is 5.32 Å². The lowest BCUT2D eigenvalue weighted by Gasteiger charge is -2.21. The summed E-state index contributed by atoms with van der Waals surface area (Å²) in [4.78, 5) is 4.05. The lowest BCUT2D eigenvalue weighted by atomic mass is 10.4. The number of nitrogens with one attached hydrogen (secondary N) is 1. The third-order valence-corrected chi connectivity index (χ3v) is 4.75. The van der Waals surface area contributed by atoms with Crippen molar-refractivity contribution >= 4 is 15.7 Å². The largest absolute Gasteiger partial charge is 0.383 e. The Morgan fingerprint density at radius 3 is 2.75 bits per heavy atom. The van der Waals surface area contributed by atoms with Crippen molar-refractivity contribution in [3.8, 4) is 0 Å². The third kappa shape index (κ3) is 4.16. The molecule has 0 radical (unpaired) electrons. The van der Waals surface area contributed by atoms with Crippen LogP contribution in [0.5, 0.6) is 0 Å². The zero-order chi connectivity index (χ0) is 15.0. The maximum absolute atomic E-state index is 12.6. The molecule has 0 bridgehead atoms. The van der Waals surface area contributed by atoms with Gasteiger partial charge < -0.3 is 10.1 Å². The van der Waals surface area contributed by atoms with Gasteiger partial charge in [0.05, 0.1) is 12.3 Å². The number of nitrogens with zero attached hydrogens (tertiary/aromatic N) is 2. The molecule has 114 valence electrons. The van der Waals surface area contributed by atoms with Crippen LogP contribution in [0.1, 0.15) is 20.3 Å². The van der Waals surface area contributed by atoms with Gasteiger partial charge in [-0.25, -0.2) is 13.4 Å². The zero-order valence-corrected chi connectivity index (χ0v) is 13.1. The van der Waals surface area contributed by atoms with Gasteiger partial charge >= 0.3 is 0 Å². The number of likely N-dealkylation sites (N-methyl/N-ethyl adjacent to an activating group) is 1. The molecule has 0 aliphatic heterocycles. The summed E-state index contributed by atoms with van der Waals surface area (Å²) in [6.45, 7) is 5.59. The van der Waals surface area contributed by atoms with E-state index < -0.39 is 10.0 Å². The molecule has 7 heteroatoms. The molecular weight excluding hydrogens is 278 g/mol. The average Bonchev–Trinajstić information content (AvgIpc) is 2.46. The zero-order valence-electron chi connectivity index (χ0n) is 12.3. The first-order chi connectivity index (χ1) is 9.57. The molecule has 1 N–H and O–H groups in total. The maximum Gasteiger partial charge on any atom is 0.262 e.